The molecular formula is C20H20N2O2. The van der Waals surface area contributed by atoms with E-state index in [1.165, 1.54) is 0 Å². The number of fused-ring (bicyclic) bond motifs is 1. The summed E-state index contributed by atoms with van der Waals surface area (Å²) in [5.41, 5.74) is 2.05. The lowest BCUT2D eigenvalue weighted by molar-refractivity contribution is -0.121. The molecule has 4 nitrogen and oxygen atoms in total. The second-order valence-corrected chi connectivity index (χ2v) is 5.55. The number of aryl methyl sites for hydroxylation is 1. The maximum absolute atomic E-state index is 11.9. The summed E-state index contributed by atoms with van der Waals surface area (Å²) in [5.74, 6) is 0.841. The van der Waals surface area contributed by atoms with Gasteiger partial charge in [0, 0.05) is 18.0 Å². The van der Waals surface area contributed by atoms with Crippen LogP contribution in [0, 0.1) is 0 Å². The van der Waals surface area contributed by atoms with E-state index in [4.69, 9.17) is 4.74 Å². The normalized spacial score (nSPS) is 10.5. The van der Waals surface area contributed by atoms with Gasteiger partial charge in [-0.3, -0.25) is 9.78 Å². The first-order valence-electron chi connectivity index (χ1n) is 8.09. The average Bonchev–Trinajstić information content (AvgIpc) is 2.64. The summed E-state index contributed by atoms with van der Waals surface area (Å²) in [6.45, 7) is 0.969. The van der Waals surface area contributed by atoms with Gasteiger partial charge in [0.25, 0.3) is 0 Å². The van der Waals surface area contributed by atoms with Gasteiger partial charge in [-0.25, -0.2) is 0 Å². The van der Waals surface area contributed by atoms with Crippen molar-refractivity contribution in [3.8, 4) is 5.75 Å². The largest absolute Gasteiger partial charge is 0.492 e. The van der Waals surface area contributed by atoms with Crippen LogP contribution >= 0.6 is 0 Å². The number of pyridine rings is 1. The van der Waals surface area contributed by atoms with E-state index in [9.17, 15) is 4.79 Å². The molecule has 0 atom stereocenters. The molecule has 0 aliphatic carbocycles. The maximum Gasteiger partial charge on any atom is 0.220 e. The number of aromatic nitrogens is 1. The minimum absolute atomic E-state index is 0.0276. The summed E-state index contributed by atoms with van der Waals surface area (Å²) in [6.07, 6.45) is 2.97. The number of nitrogens with one attached hydrogen (secondary N) is 1. The fourth-order valence-corrected chi connectivity index (χ4v) is 2.48. The Morgan fingerprint density at radius 3 is 2.71 bits per heavy atom. The molecule has 3 rings (SSSR count). The van der Waals surface area contributed by atoms with Crippen molar-refractivity contribution in [3.63, 3.8) is 0 Å². The Kier molecular flexibility index (Phi) is 5.40. The Labute approximate surface area is 141 Å². The molecule has 0 fully saturated rings. The molecule has 0 saturated heterocycles. The van der Waals surface area contributed by atoms with Crippen LogP contribution in [0.1, 0.15) is 12.0 Å². The van der Waals surface area contributed by atoms with Gasteiger partial charge < -0.3 is 10.1 Å². The van der Waals surface area contributed by atoms with Gasteiger partial charge >= 0.3 is 0 Å². The van der Waals surface area contributed by atoms with Crippen LogP contribution in [0.2, 0.25) is 0 Å². The zero-order chi connectivity index (χ0) is 16.6. The second-order valence-electron chi connectivity index (χ2n) is 5.55. The van der Waals surface area contributed by atoms with Crippen molar-refractivity contribution in [1.29, 1.82) is 0 Å². The summed E-state index contributed by atoms with van der Waals surface area (Å²) < 4.78 is 5.54. The van der Waals surface area contributed by atoms with Gasteiger partial charge in [-0.2, -0.15) is 0 Å². The molecule has 0 saturated carbocycles. The lowest BCUT2D eigenvalue weighted by Crippen LogP contribution is -2.28. The minimum Gasteiger partial charge on any atom is -0.492 e. The van der Waals surface area contributed by atoms with Crippen molar-refractivity contribution < 1.29 is 9.53 Å². The number of ether oxygens (including phenoxy) is 1. The first-order chi connectivity index (χ1) is 11.8. The van der Waals surface area contributed by atoms with Crippen LogP contribution in [-0.4, -0.2) is 24.0 Å². The third-order valence-electron chi connectivity index (χ3n) is 3.72. The van der Waals surface area contributed by atoms with Crippen molar-refractivity contribution in [2.75, 3.05) is 13.2 Å². The Hall–Kier alpha value is -2.88. The van der Waals surface area contributed by atoms with E-state index in [0.29, 0.717) is 26.0 Å². The molecule has 1 heterocycles. The Morgan fingerprint density at radius 2 is 1.83 bits per heavy atom. The molecule has 24 heavy (non-hydrogen) atoms. The molecule has 0 aliphatic rings. The highest BCUT2D eigenvalue weighted by atomic mass is 16.5. The number of rotatable bonds is 7. The number of hydrogen-bond donors (Lipinski definition) is 1. The van der Waals surface area contributed by atoms with Gasteiger partial charge in [-0.15, -0.1) is 0 Å². The fourth-order valence-electron chi connectivity index (χ4n) is 2.48. The summed E-state index contributed by atoms with van der Waals surface area (Å²) in [7, 11) is 0. The standard InChI is InChI=1S/C20H20N2O2/c23-20(21-12-13-24-18-7-2-1-3-8-18)11-10-16-14-17-6-4-5-9-19(17)22-15-16/h1-9,14-15H,10-13H2,(H,21,23). The second kappa shape index (κ2) is 8.11. The van der Waals surface area contributed by atoms with Crippen molar-refractivity contribution >= 4 is 16.8 Å². The van der Waals surface area contributed by atoms with Crippen molar-refractivity contribution in [2.45, 2.75) is 12.8 Å². The molecule has 1 aromatic heterocycles. The van der Waals surface area contributed by atoms with Crippen LogP contribution in [0.4, 0.5) is 0 Å². The van der Waals surface area contributed by atoms with Crippen LogP contribution in [-0.2, 0) is 11.2 Å². The molecule has 1 amide bonds. The van der Waals surface area contributed by atoms with Gasteiger partial charge in [0.05, 0.1) is 12.1 Å². The number of hydrogen-bond acceptors (Lipinski definition) is 3. The number of carbonyl (C=O) groups excluding carboxylic acids is 1. The highest BCUT2D eigenvalue weighted by Crippen LogP contribution is 2.13. The topological polar surface area (TPSA) is 51.2 Å². The molecule has 0 bridgehead atoms. The number of benzene rings is 2. The molecule has 2 aromatic carbocycles. The molecule has 0 radical (unpaired) electrons. The summed E-state index contributed by atoms with van der Waals surface area (Å²) in [6, 6.07) is 19.7. The number of para-hydroxylation sites is 2. The smallest absolute Gasteiger partial charge is 0.220 e. The summed E-state index contributed by atoms with van der Waals surface area (Å²) >= 11 is 0. The van der Waals surface area contributed by atoms with E-state index in [2.05, 4.69) is 16.4 Å². The van der Waals surface area contributed by atoms with E-state index in [-0.39, 0.29) is 5.91 Å². The van der Waals surface area contributed by atoms with Crippen LogP contribution in [0.25, 0.3) is 10.9 Å². The molecule has 4 heteroatoms. The lowest BCUT2D eigenvalue weighted by Gasteiger charge is -2.08. The molecule has 1 N–H and O–H groups in total. The van der Waals surface area contributed by atoms with E-state index in [1.807, 2.05) is 60.8 Å². The predicted octanol–water partition coefficient (Wildman–Crippen LogP) is 3.36. The van der Waals surface area contributed by atoms with Gasteiger partial charge in [0.2, 0.25) is 5.91 Å². The Balaban J connectivity index is 1.40. The molecule has 0 spiro atoms. The van der Waals surface area contributed by atoms with E-state index >= 15 is 0 Å². The van der Waals surface area contributed by atoms with Crippen LogP contribution < -0.4 is 10.1 Å². The van der Waals surface area contributed by atoms with Gasteiger partial charge in [-0.05, 0) is 36.2 Å². The van der Waals surface area contributed by atoms with Crippen LogP contribution in [0.5, 0.6) is 5.75 Å². The quantitative estimate of drug-likeness (QED) is 0.679. The van der Waals surface area contributed by atoms with E-state index in [1.54, 1.807) is 0 Å². The van der Waals surface area contributed by atoms with Crippen molar-refractivity contribution in [2.24, 2.45) is 0 Å². The zero-order valence-corrected chi connectivity index (χ0v) is 13.4. The van der Waals surface area contributed by atoms with Crippen LogP contribution in [0.3, 0.4) is 0 Å². The fraction of sp³-hybridized carbons (Fsp3) is 0.200. The highest BCUT2D eigenvalue weighted by molar-refractivity contribution is 5.79. The van der Waals surface area contributed by atoms with E-state index < -0.39 is 0 Å². The van der Waals surface area contributed by atoms with Crippen molar-refractivity contribution in [1.82, 2.24) is 10.3 Å². The average molecular weight is 320 g/mol. The molecule has 0 unspecified atom stereocenters. The molecule has 122 valence electrons. The van der Waals surface area contributed by atoms with Gasteiger partial charge in [-0.1, -0.05) is 36.4 Å². The maximum atomic E-state index is 11.9. The van der Waals surface area contributed by atoms with Crippen molar-refractivity contribution in [3.05, 3.63) is 72.4 Å². The Bertz CT molecular complexity index is 803. The van der Waals surface area contributed by atoms with Gasteiger partial charge in [0.15, 0.2) is 0 Å². The first kappa shape index (κ1) is 16.0. The van der Waals surface area contributed by atoms with Gasteiger partial charge in [0.1, 0.15) is 12.4 Å². The number of amides is 1. The lowest BCUT2D eigenvalue weighted by atomic mass is 10.1. The third-order valence-corrected chi connectivity index (χ3v) is 3.72. The predicted molar refractivity (Wildman–Crippen MR) is 95.0 cm³/mol. The van der Waals surface area contributed by atoms with Crippen LogP contribution in [0.15, 0.2) is 66.9 Å². The zero-order valence-electron chi connectivity index (χ0n) is 13.4. The minimum atomic E-state index is 0.0276. The molecular weight excluding hydrogens is 300 g/mol. The molecule has 0 aliphatic heterocycles. The monoisotopic (exact) mass is 320 g/mol. The SMILES string of the molecule is O=C(CCc1cnc2ccccc2c1)NCCOc1ccccc1. The number of nitrogens with zero attached hydrogens (tertiary/aromatic N) is 1. The Morgan fingerprint density at radius 1 is 1.04 bits per heavy atom. The van der Waals surface area contributed by atoms with E-state index in [0.717, 1.165) is 22.2 Å². The highest BCUT2D eigenvalue weighted by Gasteiger charge is 2.03. The molecule has 3 aromatic rings. The third kappa shape index (κ3) is 4.56. The summed E-state index contributed by atoms with van der Waals surface area (Å²) in [5, 5.41) is 3.98. The summed E-state index contributed by atoms with van der Waals surface area (Å²) in [4.78, 5) is 16.3. The first-order valence-corrected chi connectivity index (χ1v) is 8.09. The number of carbonyl (C=O) groups is 1.